The summed E-state index contributed by atoms with van der Waals surface area (Å²) in [6, 6.07) is 2.31. The number of aromatic nitrogens is 2. The third kappa shape index (κ3) is 2.81. The van der Waals surface area contributed by atoms with Crippen LogP contribution in [0.3, 0.4) is 0 Å². The van der Waals surface area contributed by atoms with Crippen molar-refractivity contribution < 1.29 is 0 Å². The van der Waals surface area contributed by atoms with E-state index < -0.39 is 0 Å². The van der Waals surface area contributed by atoms with Gasteiger partial charge in [-0.05, 0) is 23.9 Å². The van der Waals surface area contributed by atoms with Crippen molar-refractivity contribution in [3.05, 3.63) is 39.3 Å². The monoisotopic (exact) mass is 241 g/mol. The minimum Gasteiger partial charge on any atom is -0.306 e. The lowest BCUT2D eigenvalue weighted by Crippen LogP contribution is -2.17. The van der Waals surface area contributed by atoms with Gasteiger partial charge >= 0.3 is 0 Å². The summed E-state index contributed by atoms with van der Waals surface area (Å²) in [7, 11) is 0. The van der Waals surface area contributed by atoms with Gasteiger partial charge in [0.1, 0.15) is 0 Å². The highest BCUT2D eigenvalue weighted by atomic mass is 35.5. The van der Waals surface area contributed by atoms with Gasteiger partial charge in [-0.25, -0.2) is 0 Å². The van der Waals surface area contributed by atoms with Crippen LogP contribution in [0.1, 0.15) is 24.1 Å². The van der Waals surface area contributed by atoms with Crippen LogP contribution in [0.4, 0.5) is 0 Å². The molecule has 2 aromatic rings. The lowest BCUT2D eigenvalue weighted by Gasteiger charge is -2.10. The molecular weight excluding hydrogens is 230 g/mol. The smallest absolute Gasteiger partial charge is 0.0931 e. The molecule has 1 unspecified atom stereocenters. The van der Waals surface area contributed by atoms with Gasteiger partial charge in [0, 0.05) is 24.3 Å². The number of nitrogens with one attached hydrogen (secondary N) is 2. The van der Waals surface area contributed by atoms with Crippen LogP contribution < -0.4 is 5.32 Å². The van der Waals surface area contributed by atoms with E-state index in [2.05, 4.69) is 27.8 Å². The zero-order chi connectivity index (χ0) is 10.7. The maximum Gasteiger partial charge on any atom is 0.0931 e. The van der Waals surface area contributed by atoms with Gasteiger partial charge < -0.3 is 5.32 Å². The molecule has 0 saturated heterocycles. The Morgan fingerprint density at radius 2 is 2.53 bits per heavy atom. The Balaban J connectivity index is 1.90. The fourth-order valence-electron chi connectivity index (χ4n) is 1.31. The molecule has 0 aliphatic heterocycles. The molecule has 0 spiro atoms. The van der Waals surface area contributed by atoms with E-state index >= 15 is 0 Å². The van der Waals surface area contributed by atoms with E-state index in [1.807, 2.05) is 18.5 Å². The molecule has 3 nitrogen and oxygen atoms in total. The van der Waals surface area contributed by atoms with E-state index in [-0.39, 0.29) is 0 Å². The predicted octanol–water partition coefficient (Wildman–Crippen LogP) is 2.98. The predicted molar refractivity (Wildman–Crippen MR) is 63.2 cm³/mol. The maximum atomic E-state index is 5.88. The van der Waals surface area contributed by atoms with Crippen LogP contribution in [0.25, 0.3) is 0 Å². The summed E-state index contributed by atoms with van der Waals surface area (Å²) in [5, 5.41) is 12.2. The second kappa shape index (κ2) is 4.79. The molecule has 0 aliphatic rings. The first kappa shape index (κ1) is 10.7. The molecule has 2 heterocycles. The first-order valence-corrected chi connectivity index (χ1v) is 5.96. The van der Waals surface area contributed by atoms with E-state index in [0.717, 1.165) is 16.4 Å². The Bertz CT molecular complexity index is 410. The Morgan fingerprint density at radius 1 is 1.67 bits per heavy atom. The molecule has 0 fully saturated rings. The van der Waals surface area contributed by atoms with Gasteiger partial charge in [-0.15, -0.1) is 11.3 Å². The zero-order valence-corrected chi connectivity index (χ0v) is 9.90. The summed E-state index contributed by atoms with van der Waals surface area (Å²) in [6.45, 7) is 2.93. The van der Waals surface area contributed by atoms with Crippen LogP contribution in [0.5, 0.6) is 0 Å². The molecule has 0 aromatic carbocycles. The van der Waals surface area contributed by atoms with Crippen molar-refractivity contribution in [1.82, 2.24) is 15.5 Å². The number of rotatable bonds is 4. The van der Waals surface area contributed by atoms with Crippen LogP contribution in [0.15, 0.2) is 23.8 Å². The van der Waals surface area contributed by atoms with Crippen molar-refractivity contribution in [1.29, 1.82) is 0 Å². The summed E-state index contributed by atoms with van der Waals surface area (Å²) in [5.74, 6) is 0. The molecule has 2 rings (SSSR count). The summed E-state index contributed by atoms with van der Waals surface area (Å²) < 4.78 is 0.835. The standard InChI is InChI=1S/C10H12ClN3S/c1-7(9-2-10(11)15-6-9)12-3-8-4-13-14-5-8/h2,4-7,12H,3H2,1H3,(H,13,14). The number of hydrogen-bond acceptors (Lipinski definition) is 3. The van der Waals surface area contributed by atoms with Crippen molar-refractivity contribution in [2.75, 3.05) is 0 Å². The van der Waals surface area contributed by atoms with Gasteiger partial charge in [-0.2, -0.15) is 5.10 Å². The fourth-order valence-corrected chi connectivity index (χ4v) is 2.30. The molecule has 2 N–H and O–H groups in total. The number of H-pyrrole nitrogens is 1. The van der Waals surface area contributed by atoms with E-state index in [1.54, 1.807) is 11.3 Å². The summed E-state index contributed by atoms with van der Waals surface area (Å²) in [6.07, 6.45) is 3.71. The van der Waals surface area contributed by atoms with Crippen molar-refractivity contribution in [3.63, 3.8) is 0 Å². The average molecular weight is 242 g/mol. The molecule has 5 heteroatoms. The van der Waals surface area contributed by atoms with E-state index in [0.29, 0.717) is 6.04 Å². The third-order valence-corrected chi connectivity index (χ3v) is 3.36. The topological polar surface area (TPSA) is 40.7 Å². The molecule has 15 heavy (non-hydrogen) atoms. The molecular formula is C10H12ClN3S. The minimum atomic E-state index is 0.309. The molecule has 0 radical (unpaired) electrons. The first-order chi connectivity index (χ1) is 7.25. The quantitative estimate of drug-likeness (QED) is 0.864. The van der Waals surface area contributed by atoms with E-state index in [4.69, 9.17) is 11.6 Å². The average Bonchev–Trinajstić information content (AvgIpc) is 2.84. The van der Waals surface area contributed by atoms with Gasteiger partial charge in [0.05, 0.1) is 10.5 Å². The molecule has 0 saturated carbocycles. The molecule has 1 atom stereocenters. The Hall–Kier alpha value is -0.840. The lowest BCUT2D eigenvalue weighted by molar-refractivity contribution is 0.576. The van der Waals surface area contributed by atoms with Crippen molar-refractivity contribution in [2.24, 2.45) is 0 Å². The van der Waals surface area contributed by atoms with Crippen LogP contribution in [-0.2, 0) is 6.54 Å². The van der Waals surface area contributed by atoms with Gasteiger partial charge in [0.15, 0.2) is 0 Å². The summed E-state index contributed by atoms with van der Waals surface area (Å²) >= 11 is 7.44. The molecule has 0 amide bonds. The number of halogens is 1. The van der Waals surface area contributed by atoms with Crippen LogP contribution >= 0.6 is 22.9 Å². The van der Waals surface area contributed by atoms with E-state index in [1.165, 1.54) is 5.56 Å². The summed E-state index contributed by atoms with van der Waals surface area (Å²) in [5.41, 5.74) is 2.39. The van der Waals surface area contributed by atoms with Crippen LogP contribution in [-0.4, -0.2) is 10.2 Å². The van der Waals surface area contributed by atoms with Crippen molar-refractivity contribution in [3.8, 4) is 0 Å². The van der Waals surface area contributed by atoms with Crippen LogP contribution in [0.2, 0.25) is 4.34 Å². The Labute approximate surface area is 97.5 Å². The second-order valence-electron chi connectivity index (χ2n) is 3.39. The van der Waals surface area contributed by atoms with Crippen molar-refractivity contribution >= 4 is 22.9 Å². The zero-order valence-electron chi connectivity index (χ0n) is 8.33. The normalized spacial score (nSPS) is 12.9. The van der Waals surface area contributed by atoms with Gasteiger partial charge in [-0.3, -0.25) is 5.10 Å². The summed E-state index contributed by atoms with van der Waals surface area (Å²) in [4.78, 5) is 0. The number of thiophene rings is 1. The Kier molecular flexibility index (Phi) is 3.41. The maximum absolute atomic E-state index is 5.88. The number of aromatic amines is 1. The van der Waals surface area contributed by atoms with Gasteiger partial charge in [0.25, 0.3) is 0 Å². The molecule has 0 aliphatic carbocycles. The van der Waals surface area contributed by atoms with E-state index in [9.17, 15) is 0 Å². The number of hydrogen-bond donors (Lipinski definition) is 2. The highest BCUT2D eigenvalue weighted by Crippen LogP contribution is 2.24. The van der Waals surface area contributed by atoms with Crippen molar-refractivity contribution in [2.45, 2.75) is 19.5 Å². The number of nitrogens with zero attached hydrogens (tertiary/aromatic N) is 1. The highest BCUT2D eigenvalue weighted by molar-refractivity contribution is 7.14. The minimum absolute atomic E-state index is 0.309. The lowest BCUT2D eigenvalue weighted by atomic mass is 10.2. The SMILES string of the molecule is CC(NCc1cn[nH]c1)c1csc(Cl)c1. The Morgan fingerprint density at radius 3 is 3.13 bits per heavy atom. The molecule has 80 valence electrons. The second-order valence-corrected chi connectivity index (χ2v) is 4.94. The van der Waals surface area contributed by atoms with Gasteiger partial charge in [0.2, 0.25) is 0 Å². The fraction of sp³-hybridized carbons (Fsp3) is 0.300. The van der Waals surface area contributed by atoms with Crippen LogP contribution in [0, 0.1) is 0 Å². The highest BCUT2D eigenvalue weighted by Gasteiger charge is 2.07. The largest absolute Gasteiger partial charge is 0.306 e. The molecule has 2 aromatic heterocycles. The van der Waals surface area contributed by atoms with Gasteiger partial charge in [-0.1, -0.05) is 11.6 Å². The third-order valence-electron chi connectivity index (χ3n) is 2.25. The molecule has 0 bridgehead atoms. The first-order valence-electron chi connectivity index (χ1n) is 4.70.